The van der Waals surface area contributed by atoms with E-state index in [2.05, 4.69) is 15.6 Å². The second kappa shape index (κ2) is 6.89. The average molecular weight is 268 g/mol. The largest absolute Gasteiger partial charge is 0.480 e. The Morgan fingerprint density at radius 3 is 2.53 bits per heavy atom. The molecule has 0 aliphatic heterocycles. The van der Waals surface area contributed by atoms with E-state index in [4.69, 9.17) is 5.11 Å². The van der Waals surface area contributed by atoms with Crippen molar-refractivity contribution in [1.82, 2.24) is 20.2 Å². The normalized spacial score (nSPS) is 9.68. The van der Waals surface area contributed by atoms with E-state index >= 15 is 0 Å². The number of carboxylic acid groups (broad SMARTS) is 1. The highest BCUT2D eigenvalue weighted by molar-refractivity contribution is 5.86. The van der Waals surface area contributed by atoms with E-state index in [1.165, 1.54) is 18.5 Å². The van der Waals surface area contributed by atoms with Gasteiger partial charge >= 0.3 is 11.7 Å². The van der Waals surface area contributed by atoms with Crippen LogP contribution in [0.1, 0.15) is 0 Å². The van der Waals surface area contributed by atoms with Gasteiger partial charge < -0.3 is 15.7 Å². The van der Waals surface area contributed by atoms with Crippen LogP contribution in [0.5, 0.6) is 0 Å². The Morgan fingerprint density at radius 2 is 1.89 bits per heavy atom. The van der Waals surface area contributed by atoms with Gasteiger partial charge in [0.05, 0.1) is 6.54 Å². The van der Waals surface area contributed by atoms with Crippen LogP contribution in [0.15, 0.2) is 23.3 Å². The maximum absolute atomic E-state index is 11.4. The second-order valence-electron chi connectivity index (χ2n) is 3.48. The van der Waals surface area contributed by atoms with Crippen molar-refractivity contribution in [3.05, 3.63) is 28.9 Å². The summed E-state index contributed by atoms with van der Waals surface area (Å²) < 4.78 is 1.07. The van der Waals surface area contributed by atoms with Crippen LogP contribution in [-0.2, 0) is 20.9 Å². The van der Waals surface area contributed by atoms with E-state index in [1.807, 2.05) is 0 Å². The van der Waals surface area contributed by atoms with Gasteiger partial charge in [-0.3, -0.25) is 19.0 Å². The summed E-state index contributed by atoms with van der Waals surface area (Å²) in [4.78, 5) is 47.3. The highest BCUT2D eigenvalue weighted by atomic mass is 16.4. The lowest BCUT2D eigenvalue weighted by molar-refractivity contribution is -0.137. The molecular weight excluding hydrogens is 256 g/mol. The van der Waals surface area contributed by atoms with Crippen LogP contribution < -0.4 is 16.3 Å². The zero-order valence-electron chi connectivity index (χ0n) is 9.83. The van der Waals surface area contributed by atoms with Crippen molar-refractivity contribution in [2.45, 2.75) is 6.54 Å². The van der Waals surface area contributed by atoms with E-state index in [1.54, 1.807) is 0 Å². The predicted molar refractivity (Wildman–Crippen MR) is 62.2 cm³/mol. The summed E-state index contributed by atoms with van der Waals surface area (Å²) in [5.41, 5.74) is -0.576. The molecule has 0 bridgehead atoms. The Bertz CT molecular complexity index is 539. The molecule has 9 heteroatoms. The number of rotatable bonds is 6. The van der Waals surface area contributed by atoms with E-state index in [0.717, 1.165) is 4.57 Å². The minimum absolute atomic E-state index is 0.265. The standard InChI is InChI=1S/C10H12N4O5/c15-7(13-5-9(17)18)4-12-8(16)6-14-3-1-2-11-10(14)19/h1-3H,4-6H2,(H,12,16)(H,13,15)(H,17,18). The fourth-order valence-electron chi connectivity index (χ4n) is 1.13. The molecule has 1 rings (SSSR count). The number of aliphatic carboxylic acids is 1. The summed E-state index contributed by atoms with van der Waals surface area (Å²) in [6.07, 6.45) is 2.69. The first-order valence-electron chi connectivity index (χ1n) is 5.25. The lowest BCUT2D eigenvalue weighted by Gasteiger charge is -2.06. The highest BCUT2D eigenvalue weighted by Gasteiger charge is 2.07. The lowest BCUT2D eigenvalue weighted by atomic mass is 10.5. The van der Waals surface area contributed by atoms with Crippen molar-refractivity contribution in [3.63, 3.8) is 0 Å². The molecule has 0 saturated heterocycles. The summed E-state index contributed by atoms with van der Waals surface area (Å²) >= 11 is 0. The van der Waals surface area contributed by atoms with Gasteiger partial charge in [-0.25, -0.2) is 9.78 Å². The molecule has 1 heterocycles. The number of hydrogen-bond acceptors (Lipinski definition) is 5. The maximum Gasteiger partial charge on any atom is 0.347 e. The van der Waals surface area contributed by atoms with Crippen molar-refractivity contribution < 1.29 is 19.5 Å². The Labute approximate surface area is 107 Å². The smallest absolute Gasteiger partial charge is 0.347 e. The van der Waals surface area contributed by atoms with Crippen molar-refractivity contribution >= 4 is 17.8 Å². The zero-order chi connectivity index (χ0) is 14.3. The molecule has 0 atom stereocenters. The number of carbonyl (C=O) groups excluding carboxylic acids is 2. The van der Waals surface area contributed by atoms with Gasteiger partial charge in [0.25, 0.3) is 0 Å². The number of nitrogens with one attached hydrogen (secondary N) is 2. The third-order valence-corrected chi connectivity index (χ3v) is 1.98. The third-order valence-electron chi connectivity index (χ3n) is 1.98. The van der Waals surface area contributed by atoms with Gasteiger partial charge in [-0.1, -0.05) is 0 Å². The van der Waals surface area contributed by atoms with Crippen LogP contribution in [0.25, 0.3) is 0 Å². The van der Waals surface area contributed by atoms with Crippen molar-refractivity contribution in [1.29, 1.82) is 0 Å². The van der Waals surface area contributed by atoms with E-state index in [9.17, 15) is 19.2 Å². The molecule has 19 heavy (non-hydrogen) atoms. The number of carboxylic acids is 1. The third kappa shape index (κ3) is 5.44. The number of nitrogens with zero attached hydrogens (tertiary/aromatic N) is 2. The molecule has 0 aromatic carbocycles. The molecular formula is C10H12N4O5. The number of hydrogen-bond donors (Lipinski definition) is 3. The van der Waals surface area contributed by atoms with Crippen LogP contribution in [0, 0.1) is 0 Å². The first kappa shape index (κ1) is 14.4. The zero-order valence-corrected chi connectivity index (χ0v) is 9.83. The molecule has 1 aromatic rings. The molecule has 0 saturated carbocycles. The minimum Gasteiger partial charge on any atom is -0.480 e. The predicted octanol–water partition coefficient (Wildman–Crippen LogP) is -2.44. The van der Waals surface area contributed by atoms with Crippen LogP contribution in [0.4, 0.5) is 0 Å². The fraction of sp³-hybridized carbons (Fsp3) is 0.300. The lowest BCUT2D eigenvalue weighted by Crippen LogP contribution is -2.41. The molecule has 0 fully saturated rings. The van der Waals surface area contributed by atoms with Gasteiger partial charge in [-0.2, -0.15) is 0 Å². The molecule has 102 valence electrons. The second-order valence-corrected chi connectivity index (χ2v) is 3.48. The first-order valence-corrected chi connectivity index (χ1v) is 5.25. The molecule has 1 aromatic heterocycles. The van der Waals surface area contributed by atoms with Crippen molar-refractivity contribution in [2.75, 3.05) is 13.1 Å². The monoisotopic (exact) mass is 268 g/mol. The maximum atomic E-state index is 11.4. The van der Waals surface area contributed by atoms with E-state index in [0.29, 0.717) is 0 Å². The van der Waals surface area contributed by atoms with Crippen molar-refractivity contribution in [2.24, 2.45) is 0 Å². The van der Waals surface area contributed by atoms with Gasteiger partial charge in [0, 0.05) is 12.4 Å². The molecule has 0 spiro atoms. The number of carbonyl (C=O) groups is 3. The molecule has 0 aliphatic rings. The van der Waals surface area contributed by atoms with Gasteiger partial charge in [0.2, 0.25) is 11.8 Å². The highest BCUT2D eigenvalue weighted by Crippen LogP contribution is 1.80. The quantitative estimate of drug-likeness (QED) is 0.525. The first-order chi connectivity index (χ1) is 8.99. The fourth-order valence-corrected chi connectivity index (χ4v) is 1.13. The van der Waals surface area contributed by atoms with E-state index in [-0.39, 0.29) is 13.1 Å². The van der Waals surface area contributed by atoms with Crippen molar-refractivity contribution in [3.8, 4) is 0 Å². The Morgan fingerprint density at radius 1 is 1.21 bits per heavy atom. The molecule has 3 N–H and O–H groups in total. The number of amides is 2. The molecule has 2 amide bonds. The average Bonchev–Trinajstić information content (AvgIpc) is 2.36. The van der Waals surface area contributed by atoms with Gasteiger partial charge in [0.1, 0.15) is 13.1 Å². The minimum atomic E-state index is -1.18. The Balaban J connectivity index is 2.36. The summed E-state index contributed by atoms with van der Waals surface area (Å²) in [6, 6.07) is 1.49. The van der Waals surface area contributed by atoms with E-state index < -0.39 is 30.0 Å². The topological polar surface area (TPSA) is 130 Å². The summed E-state index contributed by atoms with van der Waals surface area (Å²) in [6.45, 7) is -1.14. The van der Waals surface area contributed by atoms with Gasteiger partial charge in [-0.15, -0.1) is 0 Å². The van der Waals surface area contributed by atoms with Gasteiger partial charge in [-0.05, 0) is 6.07 Å². The summed E-state index contributed by atoms with van der Waals surface area (Å²) in [5.74, 6) is -2.36. The molecule has 0 radical (unpaired) electrons. The Hall–Kier alpha value is -2.71. The summed E-state index contributed by atoms with van der Waals surface area (Å²) in [7, 11) is 0. The SMILES string of the molecule is O=C(O)CNC(=O)CNC(=O)Cn1cccnc1=O. The van der Waals surface area contributed by atoms with Crippen LogP contribution >= 0.6 is 0 Å². The number of aromatic nitrogens is 2. The Kier molecular flexibility index (Phi) is 5.20. The van der Waals surface area contributed by atoms with Crippen LogP contribution in [-0.4, -0.2) is 45.5 Å². The molecule has 0 aliphatic carbocycles. The van der Waals surface area contributed by atoms with Gasteiger partial charge in [0.15, 0.2) is 0 Å². The summed E-state index contributed by atoms with van der Waals surface area (Å²) in [5, 5.41) is 12.6. The molecule has 9 nitrogen and oxygen atoms in total. The molecule has 0 unspecified atom stereocenters. The van der Waals surface area contributed by atoms with Crippen LogP contribution in [0.3, 0.4) is 0 Å². The van der Waals surface area contributed by atoms with Crippen LogP contribution in [0.2, 0.25) is 0 Å².